The first-order chi connectivity index (χ1) is 20.3. The quantitative estimate of drug-likeness (QED) is 0.252. The molecule has 1 aliphatic rings. The van der Waals surface area contributed by atoms with Gasteiger partial charge in [0, 0.05) is 25.2 Å². The molecule has 0 aromatic heterocycles. The fourth-order valence-electron chi connectivity index (χ4n) is 5.68. The molecule has 1 N–H and O–H groups in total. The predicted molar refractivity (Wildman–Crippen MR) is 170 cm³/mol. The highest BCUT2D eigenvalue weighted by Gasteiger charge is 2.36. The van der Waals surface area contributed by atoms with Crippen LogP contribution in [0.2, 0.25) is 0 Å². The van der Waals surface area contributed by atoms with Gasteiger partial charge in [-0.05, 0) is 64.5 Å². The van der Waals surface area contributed by atoms with Crippen molar-refractivity contribution >= 4 is 23.7 Å². The van der Waals surface area contributed by atoms with Gasteiger partial charge in [-0.25, -0.2) is 0 Å². The average molecular weight is 599 g/mol. The highest BCUT2D eigenvalue weighted by atomic mass is 16.5. The molecule has 1 heterocycles. The van der Waals surface area contributed by atoms with Gasteiger partial charge in [-0.3, -0.25) is 24.1 Å². The first kappa shape index (κ1) is 36.0. The maximum absolute atomic E-state index is 13.9. The van der Waals surface area contributed by atoms with Crippen LogP contribution in [0.15, 0.2) is 42.0 Å². The molecule has 0 bridgehead atoms. The van der Waals surface area contributed by atoms with Crippen LogP contribution in [-0.4, -0.2) is 89.3 Å². The van der Waals surface area contributed by atoms with Crippen molar-refractivity contribution in [3.05, 3.63) is 47.5 Å². The smallest absolute Gasteiger partial charge is 0.325 e. The number of benzene rings is 1. The molecule has 1 saturated heterocycles. The van der Waals surface area contributed by atoms with Gasteiger partial charge in [0.05, 0.1) is 18.7 Å². The number of carbonyl (C=O) groups excluding carboxylic acids is 4. The third-order valence-corrected chi connectivity index (χ3v) is 8.11. The summed E-state index contributed by atoms with van der Waals surface area (Å²) in [5.74, 6) is -1.21. The van der Waals surface area contributed by atoms with Crippen LogP contribution in [0.25, 0.3) is 0 Å². The summed E-state index contributed by atoms with van der Waals surface area (Å²) < 4.78 is 5.13. The zero-order chi connectivity index (χ0) is 32.3. The monoisotopic (exact) mass is 598 g/mol. The lowest BCUT2D eigenvalue weighted by molar-refractivity contribution is -0.148. The molecule has 9 nitrogen and oxygen atoms in total. The molecule has 0 spiro atoms. The van der Waals surface area contributed by atoms with Gasteiger partial charge in [-0.1, -0.05) is 70.5 Å². The van der Waals surface area contributed by atoms with Crippen LogP contribution in [0.1, 0.15) is 80.2 Å². The Balaban J connectivity index is 2.28. The van der Waals surface area contributed by atoms with Crippen molar-refractivity contribution in [3.63, 3.8) is 0 Å². The van der Waals surface area contributed by atoms with Crippen LogP contribution >= 0.6 is 0 Å². The third kappa shape index (κ3) is 10.5. The van der Waals surface area contributed by atoms with Gasteiger partial charge in [0.25, 0.3) is 0 Å². The first-order valence-electron chi connectivity index (χ1n) is 15.8. The van der Waals surface area contributed by atoms with Gasteiger partial charge in [0.15, 0.2) is 0 Å². The molecule has 1 fully saturated rings. The maximum Gasteiger partial charge on any atom is 0.325 e. The van der Waals surface area contributed by atoms with Gasteiger partial charge in [-0.15, -0.1) is 0 Å². The van der Waals surface area contributed by atoms with Gasteiger partial charge < -0.3 is 19.9 Å². The second-order valence-electron chi connectivity index (χ2n) is 12.6. The van der Waals surface area contributed by atoms with E-state index in [9.17, 15) is 19.2 Å². The summed E-state index contributed by atoms with van der Waals surface area (Å²) in [7, 11) is 1.73. The molecular formula is C34H54N4O5. The summed E-state index contributed by atoms with van der Waals surface area (Å²) in [5, 5.41) is 3.08. The lowest BCUT2D eigenvalue weighted by Crippen LogP contribution is -2.58. The Hall–Kier alpha value is -3.20. The molecule has 0 saturated carbocycles. The Morgan fingerprint density at radius 1 is 1.02 bits per heavy atom. The zero-order valence-corrected chi connectivity index (χ0v) is 27.8. The van der Waals surface area contributed by atoms with E-state index in [4.69, 9.17) is 4.74 Å². The largest absolute Gasteiger partial charge is 0.465 e. The number of hydrogen-bond donors (Lipinski definition) is 1. The number of ether oxygens (including phenoxy) is 1. The van der Waals surface area contributed by atoms with E-state index in [1.165, 1.54) is 4.90 Å². The number of carbonyl (C=O) groups is 4. The topological polar surface area (TPSA) is 99.3 Å². The number of esters is 1. The highest BCUT2D eigenvalue weighted by molar-refractivity contribution is 5.95. The molecule has 1 aromatic carbocycles. The standard InChI is InChI=1S/C34H54N4O5/c1-10-43-30(39)22-37(21-27-16-12-11-13-17-27)33(41)26(8)20-29(23(2)3)36(9)34(42)31(24(4)5)35-32(40)28-18-14-15-19-38(28)25(6)7/h11-13,16-17,20,23-25,28-29,31H,10,14-15,18-19,21-22H2,1-9H3,(H,35,40)/t28-,29-,31+/m1/s1. The van der Waals surface area contributed by atoms with Crippen LogP contribution in [0.5, 0.6) is 0 Å². The number of likely N-dealkylation sites (N-methyl/N-ethyl adjacent to an activating group) is 1. The van der Waals surface area contributed by atoms with Crippen LogP contribution < -0.4 is 5.32 Å². The van der Waals surface area contributed by atoms with Gasteiger partial charge in [0.1, 0.15) is 12.6 Å². The Morgan fingerprint density at radius 3 is 2.23 bits per heavy atom. The molecule has 240 valence electrons. The van der Waals surface area contributed by atoms with E-state index < -0.39 is 18.1 Å². The highest BCUT2D eigenvalue weighted by Crippen LogP contribution is 2.22. The molecule has 0 radical (unpaired) electrons. The predicted octanol–water partition coefficient (Wildman–Crippen LogP) is 4.41. The van der Waals surface area contributed by atoms with Crippen LogP contribution in [0, 0.1) is 11.8 Å². The van der Waals surface area contributed by atoms with Crippen LogP contribution in [-0.2, 0) is 30.5 Å². The Labute approximate surface area is 259 Å². The van der Waals surface area contributed by atoms with Gasteiger partial charge >= 0.3 is 5.97 Å². The van der Waals surface area contributed by atoms with E-state index in [2.05, 4.69) is 24.1 Å². The first-order valence-corrected chi connectivity index (χ1v) is 15.8. The van der Waals surface area contributed by atoms with E-state index in [-0.39, 0.29) is 61.3 Å². The van der Waals surface area contributed by atoms with Crippen molar-refractivity contribution in [2.75, 3.05) is 26.7 Å². The average Bonchev–Trinajstić information content (AvgIpc) is 2.97. The van der Waals surface area contributed by atoms with Crippen LogP contribution in [0.4, 0.5) is 0 Å². The zero-order valence-electron chi connectivity index (χ0n) is 27.8. The van der Waals surface area contributed by atoms with Gasteiger partial charge in [-0.2, -0.15) is 0 Å². The van der Waals surface area contributed by atoms with E-state index in [0.717, 1.165) is 31.4 Å². The summed E-state index contributed by atoms with van der Waals surface area (Å²) in [4.78, 5) is 58.8. The summed E-state index contributed by atoms with van der Waals surface area (Å²) >= 11 is 0. The minimum atomic E-state index is -0.697. The fraction of sp³-hybridized carbons (Fsp3) is 0.647. The minimum Gasteiger partial charge on any atom is -0.465 e. The van der Waals surface area contributed by atoms with Crippen molar-refractivity contribution in [1.82, 2.24) is 20.0 Å². The van der Waals surface area contributed by atoms with Crippen molar-refractivity contribution in [3.8, 4) is 0 Å². The second kappa shape index (κ2) is 17.2. The summed E-state index contributed by atoms with van der Waals surface area (Å²) in [6.07, 6.45) is 4.64. The van der Waals surface area contributed by atoms with E-state index >= 15 is 0 Å². The molecule has 2 rings (SSSR count). The molecule has 43 heavy (non-hydrogen) atoms. The van der Waals surface area contributed by atoms with Gasteiger partial charge in [0.2, 0.25) is 17.7 Å². The Morgan fingerprint density at radius 2 is 1.67 bits per heavy atom. The lowest BCUT2D eigenvalue weighted by atomic mass is 9.95. The fourth-order valence-corrected chi connectivity index (χ4v) is 5.68. The summed E-state index contributed by atoms with van der Waals surface area (Å²) in [5.41, 5.74) is 1.32. The molecule has 3 atom stereocenters. The second-order valence-corrected chi connectivity index (χ2v) is 12.6. The molecule has 9 heteroatoms. The Bertz CT molecular complexity index is 1100. The minimum absolute atomic E-state index is 0.0115. The molecule has 0 aliphatic carbocycles. The lowest BCUT2D eigenvalue weighted by Gasteiger charge is -2.39. The third-order valence-electron chi connectivity index (χ3n) is 8.11. The van der Waals surface area contributed by atoms with Crippen molar-refractivity contribution < 1.29 is 23.9 Å². The molecular weight excluding hydrogens is 544 g/mol. The molecule has 1 aromatic rings. The number of nitrogens with one attached hydrogen (secondary N) is 1. The van der Waals surface area contributed by atoms with E-state index in [1.807, 2.05) is 58.0 Å². The van der Waals surface area contributed by atoms with E-state index in [1.54, 1.807) is 31.9 Å². The van der Waals surface area contributed by atoms with Crippen LogP contribution in [0.3, 0.4) is 0 Å². The summed E-state index contributed by atoms with van der Waals surface area (Å²) in [6.45, 7) is 16.7. The summed E-state index contributed by atoms with van der Waals surface area (Å²) in [6, 6.07) is 8.38. The number of nitrogens with zero attached hydrogens (tertiary/aromatic N) is 3. The van der Waals surface area contributed by atoms with E-state index in [0.29, 0.717) is 5.57 Å². The number of rotatable bonds is 14. The Kier molecular flexibility index (Phi) is 14.4. The normalized spacial score (nSPS) is 17.5. The molecule has 3 amide bonds. The maximum atomic E-state index is 13.9. The van der Waals surface area contributed by atoms with Crippen molar-refractivity contribution in [2.45, 2.75) is 105 Å². The number of hydrogen-bond acceptors (Lipinski definition) is 6. The molecule has 0 unspecified atom stereocenters. The van der Waals surface area contributed by atoms with Crippen molar-refractivity contribution in [1.29, 1.82) is 0 Å². The van der Waals surface area contributed by atoms with Crippen molar-refractivity contribution in [2.24, 2.45) is 11.8 Å². The SMILES string of the molecule is CCOC(=O)CN(Cc1ccccc1)C(=O)C(C)=C[C@H](C(C)C)N(C)C(=O)[C@@H](NC(=O)[C@H]1CCCCN1C(C)C)C(C)C. The number of amides is 3. The number of likely N-dealkylation sites (tertiary alicyclic amines) is 1. The number of piperidine rings is 1. The molecule has 1 aliphatic heterocycles.